The van der Waals surface area contributed by atoms with E-state index < -0.39 is 6.04 Å². The highest BCUT2D eigenvalue weighted by Crippen LogP contribution is 2.15. The van der Waals surface area contributed by atoms with Crippen LogP contribution < -0.4 is 5.32 Å². The first-order chi connectivity index (χ1) is 9.31. The Bertz CT molecular complexity index is 656. The summed E-state index contributed by atoms with van der Waals surface area (Å²) < 4.78 is 1.66. The van der Waals surface area contributed by atoms with Gasteiger partial charge in [0, 0.05) is 25.8 Å². The number of piperazine rings is 1. The van der Waals surface area contributed by atoms with Crippen LogP contribution in [0.5, 0.6) is 0 Å². The van der Waals surface area contributed by atoms with E-state index in [2.05, 4.69) is 16.5 Å². The first kappa shape index (κ1) is 11.7. The molecule has 0 spiro atoms. The van der Waals surface area contributed by atoms with E-state index >= 15 is 0 Å². The number of pyridine rings is 1. The van der Waals surface area contributed by atoms with Gasteiger partial charge in [-0.25, -0.2) is 4.52 Å². The van der Waals surface area contributed by atoms with Gasteiger partial charge in [0.15, 0.2) is 0 Å². The zero-order valence-electron chi connectivity index (χ0n) is 10.3. The predicted molar refractivity (Wildman–Crippen MR) is 68.5 cm³/mol. The molecule has 1 N–H and O–H groups in total. The summed E-state index contributed by atoms with van der Waals surface area (Å²) in [6.07, 6.45) is 3.36. The Balaban J connectivity index is 1.97. The summed E-state index contributed by atoms with van der Waals surface area (Å²) in [5, 5.41) is 16.4. The highest BCUT2D eigenvalue weighted by Gasteiger charge is 2.28. The molecular weight excluding hydrogens is 242 g/mol. The smallest absolute Gasteiger partial charge is 0.258 e. The number of hydrogen-bond donors (Lipinski definition) is 1. The predicted octanol–water partition coefficient (Wildman–Crippen LogP) is 0.272. The number of carbonyl (C=O) groups excluding carboxylic acids is 1. The van der Waals surface area contributed by atoms with Crippen LogP contribution in [-0.2, 0) is 0 Å². The number of nitrogens with one attached hydrogen (secondary N) is 1. The summed E-state index contributed by atoms with van der Waals surface area (Å²) in [4.78, 5) is 14.1. The molecule has 1 unspecified atom stereocenters. The Labute approximate surface area is 110 Å². The standard InChI is InChI=1S/C13H13N5O/c14-7-10-8-15-4-6-17(10)13(19)11-9-16-18-5-2-1-3-12(11)18/h1-3,5,9-10,15H,4,6,8H2. The average molecular weight is 255 g/mol. The molecule has 6 heteroatoms. The van der Waals surface area contributed by atoms with Gasteiger partial charge in [-0.15, -0.1) is 0 Å². The van der Waals surface area contributed by atoms with E-state index in [1.54, 1.807) is 21.8 Å². The van der Waals surface area contributed by atoms with Crippen molar-refractivity contribution in [1.82, 2.24) is 19.8 Å². The third kappa shape index (κ3) is 1.94. The largest absolute Gasteiger partial charge is 0.320 e. The Morgan fingerprint density at radius 3 is 3.26 bits per heavy atom. The fourth-order valence-electron chi connectivity index (χ4n) is 2.32. The molecule has 1 fully saturated rings. The van der Waals surface area contributed by atoms with E-state index in [4.69, 9.17) is 5.26 Å². The van der Waals surface area contributed by atoms with E-state index in [1.165, 1.54) is 0 Å². The monoisotopic (exact) mass is 255 g/mol. The molecule has 0 saturated carbocycles. The number of amides is 1. The summed E-state index contributed by atoms with van der Waals surface area (Å²) in [5.41, 5.74) is 1.31. The fraction of sp³-hybridized carbons (Fsp3) is 0.308. The molecule has 1 aliphatic rings. The summed E-state index contributed by atoms with van der Waals surface area (Å²) in [7, 11) is 0. The maximum atomic E-state index is 12.5. The van der Waals surface area contributed by atoms with Crippen molar-refractivity contribution in [1.29, 1.82) is 5.26 Å². The van der Waals surface area contributed by atoms with E-state index in [9.17, 15) is 4.79 Å². The Morgan fingerprint density at radius 1 is 1.53 bits per heavy atom. The molecule has 1 atom stereocenters. The molecule has 0 aliphatic carbocycles. The zero-order valence-corrected chi connectivity index (χ0v) is 10.3. The van der Waals surface area contributed by atoms with Crippen LogP contribution in [0.2, 0.25) is 0 Å². The first-order valence-corrected chi connectivity index (χ1v) is 6.15. The maximum absolute atomic E-state index is 12.5. The topological polar surface area (TPSA) is 73.4 Å². The lowest BCUT2D eigenvalue weighted by molar-refractivity contribution is 0.0689. The Morgan fingerprint density at radius 2 is 2.42 bits per heavy atom. The van der Waals surface area contributed by atoms with Crippen LogP contribution in [-0.4, -0.2) is 46.1 Å². The molecule has 96 valence electrons. The first-order valence-electron chi connectivity index (χ1n) is 6.15. The van der Waals surface area contributed by atoms with Crippen LogP contribution in [0, 0.1) is 11.3 Å². The molecule has 3 heterocycles. The van der Waals surface area contributed by atoms with Gasteiger partial charge >= 0.3 is 0 Å². The van der Waals surface area contributed by atoms with Gasteiger partial charge in [-0.05, 0) is 12.1 Å². The molecule has 0 radical (unpaired) electrons. The zero-order chi connectivity index (χ0) is 13.2. The van der Waals surface area contributed by atoms with Gasteiger partial charge < -0.3 is 10.2 Å². The highest BCUT2D eigenvalue weighted by molar-refractivity contribution is 6.01. The van der Waals surface area contributed by atoms with E-state index in [0.717, 1.165) is 5.52 Å². The molecule has 19 heavy (non-hydrogen) atoms. The van der Waals surface area contributed by atoms with Gasteiger partial charge in [-0.3, -0.25) is 4.79 Å². The van der Waals surface area contributed by atoms with E-state index in [1.807, 2.05) is 18.2 Å². The lowest BCUT2D eigenvalue weighted by Crippen LogP contribution is -2.53. The molecule has 1 saturated heterocycles. The molecule has 0 aromatic carbocycles. The van der Waals surface area contributed by atoms with Gasteiger partial charge in [-0.1, -0.05) is 6.07 Å². The summed E-state index contributed by atoms with van der Waals surface area (Å²) in [6, 6.07) is 7.32. The van der Waals surface area contributed by atoms with Gasteiger partial charge in [0.25, 0.3) is 5.91 Å². The number of fused-ring (bicyclic) bond motifs is 1. The molecule has 1 amide bonds. The lowest BCUT2D eigenvalue weighted by atomic mass is 10.1. The quantitative estimate of drug-likeness (QED) is 0.794. The third-order valence-electron chi connectivity index (χ3n) is 3.31. The van der Waals surface area contributed by atoms with Crippen molar-refractivity contribution in [3.63, 3.8) is 0 Å². The minimum Gasteiger partial charge on any atom is -0.320 e. The number of nitrogens with zero attached hydrogens (tertiary/aromatic N) is 4. The molecule has 0 bridgehead atoms. The SMILES string of the molecule is N#CC1CNCCN1C(=O)c1cnn2ccccc12. The normalized spacial score (nSPS) is 19.3. The minimum absolute atomic E-state index is 0.130. The van der Waals surface area contributed by atoms with Crippen molar-refractivity contribution >= 4 is 11.4 Å². The van der Waals surface area contributed by atoms with E-state index in [-0.39, 0.29) is 5.91 Å². The Kier molecular flexibility index (Phi) is 2.89. The summed E-state index contributed by atoms with van der Waals surface area (Å²) in [5.74, 6) is -0.130. The minimum atomic E-state index is -0.417. The second kappa shape index (κ2) is 4.71. The van der Waals surface area contributed by atoms with Crippen LogP contribution in [0.1, 0.15) is 10.4 Å². The number of rotatable bonds is 1. The lowest BCUT2D eigenvalue weighted by Gasteiger charge is -2.31. The van der Waals surface area contributed by atoms with Gasteiger partial charge in [0.2, 0.25) is 0 Å². The number of carbonyl (C=O) groups is 1. The second-order valence-electron chi connectivity index (χ2n) is 4.44. The summed E-state index contributed by atoms with van der Waals surface area (Å²) in [6.45, 7) is 1.77. The summed E-state index contributed by atoms with van der Waals surface area (Å²) >= 11 is 0. The fourth-order valence-corrected chi connectivity index (χ4v) is 2.32. The highest BCUT2D eigenvalue weighted by atomic mass is 16.2. The van der Waals surface area contributed by atoms with Crippen molar-refractivity contribution in [2.24, 2.45) is 0 Å². The van der Waals surface area contributed by atoms with Crippen molar-refractivity contribution in [2.45, 2.75) is 6.04 Å². The molecule has 1 aliphatic heterocycles. The third-order valence-corrected chi connectivity index (χ3v) is 3.31. The average Bonchev–Trinajstić information content (AvgIpc) is 2.90. The number of hydrogen-bond acceptors (Lipinski definition) is 4. The van der Waals surface area contributed by atoms with Crippen LogP contribution in [0.25, 0.3) is 5.52 Å². The van der Waals surface area contributed by atoms with Crippen molar-refractivity contribution < 1.29 is 4.79 Å². The maximum Gasteiger partial charge on any atom is 0.258 e. The van der Waals surface area contributed by atoms with Gasteiger partial charge in [0.1, 0.15) is 6.04 Å². The number of nitriles is 1. The van der Waals surface area contributed by atoms with Crippen LogP contribution in [0.4, 0.5) is 0 Å². The van der Waals surface area contributed by atoms with Crippen molar-refractivity contribution in [3.05, 3.63) is 36.2 Å². The molecule has 2 aromatic heterocycles. The number of aromatic nitrogens is 2. The van der Waals surface area contributed by atoms with Crippen LogP contribution >= 0.6 is 0 Å². The Hall–Kier alpha value is -2.39. The second-order valence-corrected chi connectivity index (χ2v) is 4.44. The molecular formula is C13H13N5O. The van der Waals surface area contributed by atoms with Crippen LogP contribution in [0.3, 0.4) is 0 Å². The van der Waals surface area contributed by atoms with Crippen molar-refractivity contribution in [3.8, 4) is 6.07 Å². The van der Waals surface area contributed by atoms with Crippen LogP contribution in [0.15, 0.2) is 30.6 Å². The van der Waals surface area contributed by atoms with Gasteiger partial charge in [-0.2, -0.15) is 10.4 Å². The molecule has 2 aromatic rings. The van der Waals surface area contributed by atoms with E-state index in [0.29, 0.717) is 25.2 Å². The van der Waals surface area contributed by atoms with Crippen molar-refractivity contribution in [2.75, 3.05) is 19.6 Å². The molecule has 6 nitrogen and oxygen atoms in total. The van der Waals surface area contributed by atoms with Gasteiger partial charge in [0.05, 0.1) is 23.3 Å². The molecule has 3 rings (SSSR count).